The number of methoxy groups -OCH3 is 1. The Morgan fingerprint density at radius 1 is 1.55 bits per heavy atom. The Bertz CT molecular complexity index is 546. The van der Waals surface area contributed by atoms with Crippen LogP contribution in [0.4, 0.5) is 0 Å². The van der Waals surface area contributed by atoms with Gasteiger partial charge in [0.15, 0.2) is 0 Å². The van der Waals surface area contributed by atoms with E-state index in [-0.39, 0.29) is 17.4 Å². The summed E-state index contributed by atoms with van der Waals surface area (Å²) in [5, 5.41) is 0. The Labute approximate surface area is 120 Å². The van der Waals surface area contributed by atoms with Crippen LogP contribution in [-0.2, 0) is 21.3 Å². The lowest BCUT2D eigenvalue weighted by molar-refractivity contribution is 0.118. The van der Waals surface area contributed by atoms with Crippen LogP contribution in [0.15, 0.2) is 23.2 Å². The molecule has 2 heterocycles. The van der Waals surface area contributed by atoms with Gasteiger partial charge in [-0.05, 0) is 30.9 Å². The van der Waals surface area contributed by atoms with Crippen molar-refractivity contribution in [3.63, 3.8) is 0 Å². The first-order chi connectivity index (χ1) is 9.59. The van der Waals surface area contributed by atoms with Crippen LogP contribution in [0.25, 0.3) is 0 Å². The number of hydrogen-bond acceptors (Lipinski definition) is 5. The Hall–Kier alpha value is -1.02. The minimum atomic E-state index is -3.52. The van der Waals surface area contributed by atoms with E-state index in [0.717, 1.165) is 12.8 Å². The smallest absolute Gasteiger partial charge is 0.244 e. The summed E-state index contributed by atoms with van der Waals surface area (Å²) in [4.78, 5) is 4.28. The number of hydrogen-bond donors (Lipinski definition) is 1. The van der Waals surface area contributed by atoms with E-state index < -0.39 is 10.0 Å². The zero-order valence-corrected chi connectivity index (χ0v) is 12.5. The highest BCUT2D eigenvalue weighted by molar-refractivity contribution is 7.89. The quantitative estimate of drug-likeness (QED) is 0.860. The van der Waals surface area contributed by atoms with Gasteiger partial charge in [0.1, 0.15) is 4.90 Å². The van der Waals surface area contributed by atoms with Gasteiger partial charge in [-0.15, -0.1) is 0 Å². The number of piperidine rings is 1. The number of ether oxygens (including phenoxy) is 1. The molecule has 0 saturated carbocycles. The monoisotopic (exact) mass is 299 g/mol. The molecule has 1 aromatic rings. The van der Waals surface area contributed by atoms with Crippen molar-refractivity contribution in [1.29, 1.82) is 0 Å². The average molecular weight is 299 g/mol. The third-order valence-electron chi connectivity index (χ3n) is 3.54. The number of sulfonamides is 1. The average Bonchev–Trinajstić information content (AvgIpc) is 2.48. The number of aromatic nitrogens is 1. The van der Waals surface area contributed by atoms with E-state index in [2.05, 4.69) is 4.98 Å². The molecule has 2 rings (SSSR count). The van der Waals surface area contributed by atoms with Gasteiger partial charge in [-0.2, -0.15) is 4.31 Å². The minimum absolute atomic E-state index is 0.116. The number of rotatable bonds is 5. The maximum Gasteiger partial charge on any atom is 0.244 e. The van der Waals surface area contributed by atoms with Crippen molar-refractivity contribution in [3.05, 3.63) is 24.0 Å². The second kappa shape index (κ2) is 6.62. The van der Waals surface area contributed by atoms with Crippen LogP contribution >= 0.6 is 0 Å². The molecule has 1 unspecified atom stereocenters. The molecule has 1 fully saturated rings. The maximum atomic E-state index is 12.7. The van der Waals surface area contributed by atoms with E-state index >= 15 is 0 Å². The minimum Gasteiger partial charge on any atom is -0.384 e. The molecular formula is C13H21N3O3S. The Morgan fingerprint density at radius 3 is 3.05 bits per heavy atom. The van der Waals surface area contributed by atoms with Crippen molar-refractivity contribution in [2.75, 3.05) is 26.8 Å². The second-order valence-corrected chi connectivity index (χ2v) is 6.89. The molecule has 2 N–H and O–H groups in total. The van der Waals surface area contributed by atoms with Crippen LogP contribution in [0, 0.1) is 5.92 Å². The zero-order chi connectivity index (χ0) is 14.6. The van der Waals surface area contributed by atoms with Crippen molar-refractivity contribution < 1.29 is 13.2 Å². The molecule has 1 saturated heterocycles. The lowest BCUT2D eigenvalue weighted by Crippen LogP contribution is -2.41. The van der Waals surface area contributed by atoms with Crippen LogP contribution in [0.3, 0.4) is 0 Å². The van der Waals surface area contributed by atoms with E-state index in [0.29, 0.717) is 25.4 Å². The van der Waals surface area contributed by atoms with Gasteiger partial charge >= 0.3 is 0 Å². The number of pyridine rings is 1. The van der Waals surface area contributed by atoms with Crippen molar-refractivity contribution in [3.8, 4) is 0 Å². The Kier molecular flexibility index (Phi) is 5.09. The summed E-state index contributed by atoms with van der Waals surface area (Å²) in [6, 6.07) is 3.20. The largest absolute Gasteiger partial charge is 0.384 e. The van der Waals surface area contributed by atoms with Gasteiger partial charge in [0.2, 0.25) is 10.0 Å². The van der Waals surface area contributed by atoms with Crippen LogP contribution < -0.4 is 5.73 Å². The van der Waals surface area contributed by atoms with E-state index in [1.165, 1.54) is 4.31 Å². The second-order valence-electron chi connectivity index (χ2n) is 4.98. The van der Waals surface area contributed by atoms with Gasteiger partial charge in [0, 0.05) is 32.9 Å². The molecule has 112 valence electrons. The summed E-state index contributed by atoms with van der Waals surface area (Å²) in [7, 11) is -1.88. The van der Waals surface area contributed by atoms with Crippen molar-refractivity contribution in [2.45, 2.75) is 24.3 Å². The third-order valence-corrected chi connectivity index (χ3v) is 5.48. The molecule has 0 amide bonds. The summed E-state index contributed by atoms with van der Waals surface area (Å²) >= 11 is 0. The molecule has 1 atom stereocenters. The highest BCUT2D eigenvalue weighted by Gasteiger charge is 2.31. The first-order valence-corrected chi connectivity index (χ1v) is 8.16. The fraction of sp³-hybridized carbons (Fsp3) is 0.615. The fourth-order valence-electron chi connectivity index (χ4n) is 2.57. The van der Waals surface area contributed by atoms with Crippen molar-refractivity contribution in [1.82, 2.24) is 9.29 Å². The molecule has 0 aromatic carbocycles. The summed E-state index contributed by atoms with van der Waals surface area (Å²) in [6.45, 7) is 1.74. The van der Waals surface area contributed by atoms with Gasteiger partial charge < -0.3 is 10.5 Å². The zero-order valence-electron chi connectivity index (χ0n) is 11.7. The summed E-state index contributed by atoms with van der Waals surface area (Å²) in [6.07, 6.45) is 3.41. The molecule has 1 aromatic heterocycles. The van der Waals surface area contributed by atoms with Gasteiger partial charge in [0.05, 0.1) is 12.3 Å². The molecular weight excluding hydrogens is 278 g/mol. The Morgan fingerprint density at radius 2 is 2.35 bits per heavy atom. The molecule has 1 aliphatic heterocycles. The van der Waals surface area contributed by atoms with Gasteiger partial charge in [-0.3, -0.25) is 4.98 Å². The highest BCUT2D eigenvalue weighted by Crippen LogP contribution is 2.25. The van der Waals surface area contributed by atoms with E-state index in [1.807, 2.05) is 0 Å². The molecule has 6 nitrogen and oxygen atoms in total. The standard InChI is InChI=1S/C13H21N3O3S/c1-19-10-11-4-3-7-16(9-11)20(17,18)13-5-2-6-15-12(13)8-14/h2,5-6,11H,3-4,7-10,14H2,1H3. The van der Waals surface area contributed by atoms with Crippen LogP contribution in [-0.4, -0.2) is 44.5 Å². The highest BCUT2D eigenvalue weighted by atomic mass is 32.2. The van der Waals surface area contributed by atoms with Crippen molar-refractivity contribution >= 4 is 10.0 Å². The van der Waals surface area contributed by atoms with Gasteiger partial charge in [0.25, 0.3) is 0 Å². The van der Waals surface area contributed by atoms with Crippen LogP contribution in [0.2, 0.25) is 0 Å². The number of nitrogens with two attached hydrogens (primary N) is 1. The predicted octanol–water partition coefficient (Wildman–Crippen LogP) is 0.587. The van der Waals surface area contributed by atoms with Gasteiger partial charge in [-0.25, -0.2) is 8.42 Å². The van der Waals surface area contributed by atoms with E-state index in [1.54, 1.807) is 25.4 Å². The Balaban J connectivity index is 2.25. The predicted molar refractivity (Wildman–Crippen MR) is 75.5 cm³/mol. The molecule has 0 bridgehead atoms. The third kappa shape index (κ3) is 3.17. The topological polar surface area (TPSA) is 85.5 Å². The fourth-order valence-corrected chi connectivity index (χ4v) is 4.31. The van der Waals surface area contributed by atoms with E-state index in [9.17, 15) is 8.42 Å². The SMILES string of the molecule is COCC1CCCN(S(=O)(=O)c2cccnc2CN)C1. The van der Waals surface area contributed by atoms with Crippen molar-refractivity contribution in [2.24, 2.45) is 11.7 Å². The molecule has 0 spiro atoms. The molecule has 0 radical (unpaired) electrons. The van der Waals surface area contributed by atoms with E-state index in [4.69, 9.17) is 10.5 Å². The molecule has 20 heavy (non-hydrogen) atoms. The maximum absolute atomic E-state index is 12.7. The van der Waals surface area contributed by atoms with Crippen LogP contribution in [0.5, 0.6) is 0 Å². The first kappa shape index (κ1) is 15.4. The van der Waals surface area contributed by atoms with Gasteiger partial charge in [-0.1, -0.05) is 0 Å². The summed E-state index contributed by atoms with van der Waals surface area (Å²) < 4.78 is 32.1. The summed E-state index contributed by atoms with van der Waals surface area (Å²) in [5.74, 6) is 0.251. The molecule has 0 aliphatic carbocycles. The van der Waals surface area contributed by atoms with Crippen LogP contribution in [0.1, 0.15) is 18.5 Å². The summed E-state index contributed by atoms with van der Waals surface area (Å²) in [5.41, 5.74) is 6.00. The normalized spacial score (nSPS) is 21.0. The lowest BCUT2D eigenvalue weighted by Gasteiger charge is -2.31. The number of nitrogens with zero attached hydrogens (tertiary/aromatic N) is 2. The first-order valence-electron chi connectivity index (χ1n) is 6.72. The molecule has 7 heteroatoms. The molecule has 1 aliphatic rings. The lowest BCUT2D eigenvalue weighted by atomic mass is 10.0.